The van der Waals surface area contributed by atoms with Gasteiger partial charge in [0.1, 0.15) is 5.60 Å². The molecule has 3 nitrogen and oxygen atoms in total. The van der Waals surface area contributed by atoms with Gasteiger partial charge in [-0.2, -0.15) is 0 Å². The van der Waals surface area contributed by atoms with Crippen molar-refractivity contribution in [2.75, 3.05) is 6.61 Å². The van der Waals surface area contributed by atoms with Gasteiger partial charge in [0.15, 0.2) is 0 Å². The lowest BCUT2D eigenvalue weighted by Crippen LogP contribution is -2.41. The summed E-state index contributed by atoms with van der Waals surface area (Å²) in [4.78, 5) is 12.6. The van der Waals surface area contributed by atoms with Crippen LogP contribution in [0.3, 0.4) is 0 Å². The van der Waals surface area contributed by atoms with E-state index < -0.39 is 6.16 Å². The fourth-order valence-electron chi connectivity index (χ4n) is 7.26. The van der Waals surface area contributed by atoms with E-state index in [2.05, 4.69) is 20.8 Å². The highest BCUT2D eigenvalue weighted by atomic mass is 16.7. The van der Waals surface area contributed by atoms with Crippen molar-refractivity contribution >= 4 is 6.16 Å². The monoisotopic (exact) mass is 476 g/mol. The van der Waals surface area contributed by atoms with Gasteiger partial charge < -0.3 is 9.47 Å². The van der Waals surface area contributed by atoms with E-state index in [4.69, 9.17) is 9.47 Å². The Hall–Kier alpha value is -0.730. The first-order chi connectivity index (χ1) is 16.5. The Morgan fingerprint density at radius 1 is 0.735 bits per heavy atom. The van der Waals surface area contributed by atoms with E-state index in [9.17, 15) is 4.79 Å². The minimum absolute atomic E-state index is 0.264. The summed E-state index contributed by atoms with van der Waals surface area (Å²) < 4.78 is 11.7. The molecule has 0 radical (unpaired) electrons. The predicted octanol–water partition coefficient (Wildman–Crippen LogP) is 9.86. The van der Waals surface area contributed by atoms with Crippen LogP contribution in [-0.4, -0.2) is 18.4 Å². The maximum atomic E-state index is 12.6. The summed E-state index contributed by atoms with van der Waals surface area (Å²) >= 11 is 0. The maximum absolute atomic E-state index is 12.6. The number of rotatable bonds is 12. The molecule has 0 amide bonds. The number of ether oxygens (including phenoxy) is 2. The summed E-state index contributed by atoms with van der Waals surface area (Å²) in [5.74, 6) is 4.47. The lowest BCUT2D eigenvalue weighted by atomic mass is 9.67. The summed E-state index contributed by atoms with van der Waals surface area (Å²) in [5, 5.41) is 0. The highest BCUT2D eigenvalue weighted by molar-refractivity contribution is 5.60. The van der Waals surface area contributed by atoms with Crippen LogP contribution < -0.4 is 0 Å². The van der Waals surface area contributed by atoms with Gasteiger partial charge in [-0.05, 0) is 87.4 Å². The molecule has 0 unspecified atom stereocenters. The summed E-state index contributed by atoms with van der Waals surface area (Å²) in [6.07, 6.45) is 25.3. The van der Waals surface area contributed by atoms with E-state index in [1.165, 1.54) is 96.3 Å². The molecular weight excluding hydrogens is 420 g/mol. The highest BCUT2D eigenvalue weighted by Crippen LogP contribution is 2.46. The molecule has 198 valence electrons. The van der Waals surface area contributed by atoms with Gasteiger partial charge in [0, 0.05) is 0 Å². The number of carbonyl (C=O) groups excluding carboxylic acids is 1. The van der Waals surface area contributed by atoms with Crippen molar-refractivity contribution in [1.29, 1.82) is 0 Å². The van der Waals surface area contributed by atoms with E-state index in [1.807, 2.05) is 0 Å². The lowest BCUT2D eigenvalue weighted by molar-refractivity contribution is -0.0750. The van der Waals surface area contributed by atoms with Gasteiger partial charge in [0.2, 0.25) is 0 Å². The Balaban J connectivity index is 1.48. The minimum atomic E-state index is -0.405. The fraction of sp³-hybridized carbons (Fsp3) is 0.968. The first-order valence-electron chi connectivity index (χ1n) is 15.4. The van der Waals surface area contributed by atoms with E-state index >= 15 is 0 Å². The van der Waals surface area contributed by atoms with Crippen LogP contribution in [0.1, 0.15) is 149 Å². The topological polar surface area (TPSA) is 35.5 Å². The van der Waals surface area contributed by atoms with E-state index in [0.717, 1.165) is 61.7 Å². The maximum Gasteiger partial charge on any atom is 0.508 e. The first kappa shape index (κ1) is 27.9. The number of unbranched alkanes of at least 4 members (excludes halogenated alkanes) is 3. The molecule has 3 rings (SSSR count). The van der Waals surface area contributed by atoms with Gasteiger partial charge in [-0.1, -0.05) is 91.4 Å². The molecule has 3 aliphatic rings. The standard InChI is InChI=1S/C31H56O3/c1-4-6-8-9-26-12-14-27(15-13-26)18-21-31(34-30(32)33-24-7-5-2)22-19-29(20-23-31)28-16-10-25(3)11-17-28/h25-29H,4-24H2,1-3H3. The zero-order chi connectivity index (χ0) is 24.2. The number of hydrogen-bond acceptors (Lipinski definition) is 3. The van der Waals surface area contributed by atoms with E-state index in [1.54, 1.807) is 0 Å². The van der Waals surface area contributed by atoms with Crippen molar-refractivity contribution in [2.24, 2.45) is 29.6 Å². The highest BCUT2D eigenvalue weighted by Gasteiger charge is 2.41. The van der Waals surface area contributed by atoms with Gasteiger partial charge in [-0.25, -0.2) is 4.79 Å². The Kier molecular flexibility index (Phi) is 12.1. The summed E-state index contributed by atoms with van der Waals surface area (Å²) in [7, 11) is 0. The number of hydrogen-bond donors (Lipinski definition) is 0. The van der Waals surface area contributed by atoms with Crippen LogP contribution in [-0.2, 0) is 9.47 Å². The molecule has 0 spiro atoms. The molecule has 0 bridgehead atoms. The second kappa shape index (κ2) is 14.7. The molecule has 0 heterocycles. The van der Waals surface area contributed by atoms with Crippen LogP contribution in [0.4, 0.5) is 4.79 Å². The van der Waals surface area contributed by atoms with E-state index in [0.29, 0.717) is 6.61 Å². The van der Waals surface area contributed by atoms with Gasteiger partial charge in [-0.3, -0.25) is 0 Å². The zero-order valence-corrected chi connectivity index (χ0v) is 23.0. The molecule has 0 aromatic rings. The van der Waals surface area contributed by atoms with Crippen LogP contribution in [0, 0.1) is 29.6 Å². The molecule has 34 heavy (non-hydrogen) atoms. The van der Waals surface area contributed by atoms with Crippen LogP contribution in [0.5, 0.6) is 0 Å². The molecular formula is C31H56O3. The van der Waals surface area contributed by atoms with Crippen molar-refractivity contribution in [2.45, 2.75) is 155 Å². The van der Waals surface area contributed by atoms with Gasteiger partial charge in [-0.15, -0.1) is 0 Å². The van der Waals surface area contributed by atoms with Crippen molar-refractivity contribution in [3.05, 3.63) is 0 Å². The average Bonchev–Trinajstić information content (AvgIpc) is 2.85. The Morgan fingerprint density at radius 3 is 1.94 bits per heavy atom. The van der Waals surface area contributed by atoms with Crippen molar-refractivity contribution < 1.29 is 14.3 Å². The van der Waals surface area contributed by atoms with Gasteiger partial charge >= 0.3 is 6.16 Å². The van der Waals surface area contributed by atoms with Crippen molar-refractivity contribution in [1.82, 2.24) is 0 Å². The second-order valence-corrected chi connectivity index (χ2v) is 12.5. The fourth-order valence-corrected chi connectivity index (χ4v) is 7.26. The quantitative estimate of drug-likeness (QED) is 0.208. The minimum Gasteiger partial charge on any atom is -0.434 e. The zero-order valence-electron chi connectivity index (χ0n) is 23.0. The summed E-state index contributed by atoms with van der Waals surface area (Å²) in [6.45, 7) is 7.34. The molecule has 0 aliphatic heterocycles. The third kappa shape index (κ3) is 9.05. The lowest BCUT2D eigenvalue weighted by Gasteiger charge is -2.43. The third-order valence-corrected chi connectivity index (χ3v) is 9.88. The molecule has 3 fully saturated rings. The summed E-state index contributed by atoms with van der Waals surface area (Å²) in [6, 6.07) is 0. The Bertz CT molecular complexity index is 549. The third-order valence-electron chi connectivity index (χ3n) is 9.88. The van der Waals surface area contributed by atoms with Crippen LogP contribution in [0.2, 0.25) is 0 Å². The first-order valence-corrected chi connectivity index (χ1v) is 15.4. The molecule has 0 atom stereocenters. The van der Waals surface area contributed by atoms with Crippen molar-refractivity contribution in [3.63, 3.8) is 0 Å². The molecule has 0 aromatic heterocycles. The van der Waals surface area contributed by atoms with Gasteiger partial charge in [0.25, 0.3) is 0 Å². The van der Waals surface area contributed by atoms with Gasteiger partial charge in [0.05, 0.1) is 6.61 Å². The largest absolute Gasteiger partial charge is 0.508 e. The SMILES string of the molecule is CCCCCC1CCC(CCC2(OC(=O)OCCCC)CCC(C3CCC(C)CC3)CC2)CC1. The molecule has 0 N–H and O–H groups in total. The Labute approximate surface area is 211 Å². The smallest absolute Gasteiger partial charge is 0.434 e. The molecule has 3 heteroatoms. The molecule has 3 aliphatic carbocycles. The second-order valence-electron chi connectivity index (χ2n) is 12.5. The Morgan fingerprint density at radius 2 is 1.32 bits per heavy atom. The summed E-state index contributed by atoms with van der Waals surface area (Å²) in [5.41, 5.74) is -0.264. The molecule has 3 saturated carbocycles. The van der Waals surface area contributed by atoms with Crippen LogP contribution in [0.15, 0.2) is 0 Å². The van der Waals surface area contributed by atoms with Crippen LogP contribution >= 0.6 is 0 Å². The van der Waals surface area contributed by atoms with Crippen molar-refractivity contribution in [3.8, 4) is 0 Å². The molecule has 0 saturated heterocycles. The van der Waals surface area contributed by atoms with Crippen LogP contribution in [0.25, 0.3) is 0 Å². The normalized spacial score (nSPS) is 34.5. The average molecular weight is 477 g/mol. The molecule has 0 aromatic carbocycles. The van der Waals surface area contributed by atoms with E-state index in [-0.39, 0.29) is 5.60 Å². The number of carbonyl (C=O) groups is 1. The predicted molar refractivity (Wildman–Crippen MR) is 142 cm³/mol.